The average Bonchev–Trinajstić information content (AvgIpc) is 2.90. The largest absolute Gasteiger partial charge is 0.489 e. The number of fused-ring (bicyclic) bond motifs is 4. The molecule has 0 aromatic heterocycles. The Morgan fingerprint density at radius 1 is 1.24 bits per heavy atom. The number of nitrogen functional groups attached to an aromatic ring is 1. The highest BCUT2D eigenvalue weighted by atomic mass is 35.5. The number of esters is 1. The number of benzene rings is 1. The van der Waals surface area contributed by atoms with Crippen LogP contribution in [0, 0.1) is 0 Å². The van der Waals surface area contributed by atoms with Crippen molar-refractivity contribution >= 4 is 23.3 Å². The van der Waals surface area contributed by atoms with Gasteiger partial charge in [0.15, 0.2) is 11.5 Å². The molecule has 7 nitrogen and oxygen atoms in total. The summed E-state index contributed by atoms with van der Waals surface area (Å²) in [6, 6.07) is 1.75. The normalized spacial score (nSPS) is 27.6. The third-order valence-corrected chi connectivity index (χ3v) is 5.34. The van der Waals surface area contributed by atoms with E-state index in [1.807, 2.05) is 0 Å². The van der Waals surface area contributed by atoms with Crippen molar-refractivity contribution in [2.75, 3.05) is 58.3 Å². The van der Waals surface area contributed by atoms with E-state index in [1.165, 1.54) is 6.07 Å². The van der Waals surface area contributed by atoms with Crippen LogP contribution in [0.2, 0.25) is 5.02 Å². The van der Waals surface area contributed by atoms with Gasteiger partial charge in [-0.3, -0.25) is 9.80 Å². The van der Waals surface area contributed by atoms with Crippen molar-refractivity contribution in [2.24, 2.45) is 0 Å². The third kappa shape index (κ3) is 3.23. The minimum absolute atomic E-state index is 0.242. The topological polar surface area (TPSA) is 77.3 Å². The molecule has 4 heterocycles. The van der Waals surface area contributed by atoms with Crippen LogP contribution >= 0.6 is 11.6 Å². The second kappa shape index (κ2) is 6.90. The molecule has 3 saturated heterocycles. The molecule has 0 radical (unpaired) electrons. The van der Waals surface area contributed by atoms with Crippen molar-refractivity contribution in [3.63, 3.8) is 0 Å². The van der Waals surface area contributed by atoms with Gasteiger partial charge in [0.2, 0.25) is 0 Å². The second-order valence-electron chi connectivity index (χ2n) is 6.62. The molecule has 3 fully saturated rings. The maximum Gasteiger partial charge on any atom is 0.342 e. The van der Waals surface area contributed by atoms with Crippen molar-refractivity contribution in [2.45, 2.75) is 12.5 Å². The predicted octanol–water partition coefficient (Wildman–Crippen LogP) is 1.24. The van der Waals surface area contributed by atoms with Gasteiger partial charge in [-0.05, 0) is 6.07 Å². The zero-order valence-electron chi connectivity index (χ0n) is 14.0. The molecule has 0 amide bonds. The van der Waals surface area contributed by atoms with E-state index in [1.54, 1.807) is 0 Å². The summed E-state index contributed by atoms with van der Waals surface area (Å²) in [5.74, 6) is 0.212. The minimum Gasteiger partial charge on any atom is -0.489 e. The van der Waals surface area contributed by atoms with Crippen LogP contribution < -0.4 is 15.2 Å². The van der Waals surface area contributed by atoms with Crippen LogP contribution in [0.5, 0.6) is 11.5 Å². The Balaban J connectivity index is 1.51. The van der Waals surface area contributed by atoms with Crippen LogP contribution in [0.15, 0.2) is 6.07 Å². The summed E-state index contributed by atoms with van der Waals surface area (Å²) in [7, 11) is 0. The zero-order valence-corrected chi connectivity index (χ0v) is 14.8. The molecule has 1 aromatic carbocycles. The molecule has 136 valence electrons. The molecule has 8 heteroatoms. The first-order valence-corrected chi connectivity index (χ1v) is 9.02. The highest BCUT2D eigenvalue weighted by Gasteiger charge is 2.33. The number of anilines is 1. The summed E-state index contributed by atoms with van der Waals surface area (Å²) < 4.78 is 16.9. The Hall–Kier alpha value is -1.70. The summed E-state index contributed by atoms with van der Waals surface area (Å²) in [6.07, 6.45) is 0.715. The minimum atomic E-state index is -0.457. The molecule has 1 atom stereocenters. The number of piperazine rings is 3. The van der Waals surface area contributed by atoms with Gasteiger partial charge in [0.25, 0.3) is 0 Å². The van der Waals surface area contributed by atoms with E-state index in [0.29, 0.717) is 43.4 Å². The van der Waals surface area contributed by atoms with Crippen LogP contribution in [0.3, 0.4) is 0 Å². The number of rotatable bonds is 3. The Morgan fingerprint density at radius 3 is 2.64 bits per heavy atom. The molecular weight excluding hydrogens is 346 g/mol. The van der Waals surface area contributed by atoms with E-state index >= 15 is 0 Å². The van der Waals surface area contributed by atoms with Crippen LogP contribution in [-0.4, -0.2) is 74.4 Å². The fourth-order valence-electron chi connectivity index (χ4n) is 3.60. The molecule has 5 rings (SSSR count). The number of hydrogen-bond donors (Lipinski definition) is 1. The van der Waals surface area contributed by atoms with Crippen molar-refractivity contribution in [1.29, 1.82) is 0 Å². The van der Waals surface area contributed by atoms with Gasteiger partial charge in [-0.15, -0.1) is 0 Å². The van der Waals surface area contributed by atoms with Crippen LogP contribution in [0.4, 0.5) is 5.69 Å². The van der Waals surface area contributed by atoms with Crippen molar-refractivity contribution in [1.82, 2.24) is 9.80 Å². The van der Waals surface area contributed by atoms with Crippen LogP contribution in [-0.2, 0) is 4.74 Å². The quantitative estimate of drug-likeness (QED) is 0.636. The van der Waals surface area contributed by atoms with Crippen molar-refractivity contribution in [3.8, 4) is 11.5 Å². The van der Waals surface area contributed by atoms with Gasteiger partial charge in [0, 0.05) is 39.1 Å². The van der Waals surface area contributed by atoms with Crippen LogP contribution in [0.25, 0.3) is 0 Å². The Labute approximate surface area is 151 Å². The van der Waals surface area contributed by atoms with E-state index < -0.39 is 5.97 Å². The molecular formula is C17H22ClN3O4. The summed E-state index contributed by atoms with van der Waals surface area (Å²) in [6.45, 7) is 6.47. The van der Waals surface area contributed by atoms with Gasteiger partial charge in [-0.25, -0.2) is 4.79 Å². The molecule has 0 aliphatic carbocycles. The average molecular weight is 368 g/mol. The van der Waals surface area contributed by atoms with Crippen molar-refractivity contribution in [3.05, 3.63) is 16.7 Å². The summed E-state index contributed by atoms with van der Waals surface area (Å²) in [5, 5.41) is 0.266. The molecule has 1 unspecified atom stereocenters. The fraction of sp³-hybridized carbons (Fsp3) is 0.588. The van der Waals surface area contributed by atoms with Gasteiger partial charge < -0.3 is 19.9 Å². The number of hydrogen-bond acceptors (Lipinski definition) is 7. The number of halogens is 1. The van der Waals surface area contributed by atoms with Crippen LogP contribution in [0.1, 0.15) is 16.8 Å². The second-order valence-corrected chi connectivity index (χ2v) is 7.02. The first kappa shape index (κ1) is 16.8. The van der Waals surface area contributed by atoms with E-state index in [9.17, 15) is 4.79 Å². The van der Waals surface area contributed by atoms with Gasteiger partial charge in [-0.1, -0.05) is 11.6 Å². The highest BCUT2D eigenvalue weighted by molar-refractivity contribution is 6.34. The molecule has 0 spiro atoms. The fourth-order valence-corrected chi connectivity index (χ4v) is 3.80. The first-order chi connectivity index (χ1) is 12.1. The highest BCUT2D eigenvalue weighted by Crippen LogP contribution is 2.43. The lowest BCUT2D eigenvalue weighted by Crippen LogP contribution is -2.62. The van der Waals surface area contributed by atoms with E-state index in [-0.39, 0.29) is 16.6 Å². The molecule has 4 aliphatic rings. The predicted molar refractivity (Wildman–Crippen MR) is 93.6 cm³/mol. The molecule has 2 bridgehead atoms. The summed E-state index contributed by atoms with van der Waals surface area (Å²) in [4.78, 5) is 17.4. The Bertz CT molecular complexity index is 676. The number of nitrogens with zero attached hydrogens (tertiary/aromatic N) is 2. The summed E-state index contributed by atoms with van der Waals surface area (Å²) in [5.41, 5.74) is 6.53. The van der Waals surface area contributed by atoms with Crippen molar-refractivity contribution < 1.29 is 19.0 Å². The lowest BCUT2D eigenvalue weighted by Gasteiger charge is -2.47. The van der Waals surface area contributed by atoms with Gasteiger partial charge in [0.1, 0.15) is 12.2 Å². The van der Waals surface area contributed by atoms with Gasteiger partial charge in [-0.2, -0.15) is 0 Å². The van der Waals surface area contributed by atoms with E-state index in [0.717, 1.165) is 32.7 Å². The first-order valence-electron chi connectivity index (χ1n) is 8.64. The SMILES string of the molecule is Nc1c(Cl)cc(C(=O)OCC2CN3CCN2CC3)c2c1OCCCO2. The van der Waals surface area contributed by atoms with Gasteiger partial charge in [0.05, 0.1) is 30.0 Å². The lowest BCUT2D eigenvalue weighted by atomic mass is 10.1. The van der Waals surface area contributed by atoms with E-state index in [4.69, 9.17) is 31.5 Å². The number of carbonyl (C=O) groups is 1. The van der Waals surface area contributed by atoms with Gasteiger partial charge >= 0.3 is 5.97 Å². The smallest absolute Gasteiger partial charge is 0.342 e. The zero-order chi connectivity index (χ0) is 17.4. The standard InChI is InChI=1S/C17H22ClN3O4/c18-13-8-12(15-16(14(13)19)24-7-1-6-23-15)17(22)25-10-11-9-20-2-4-21(11)5-3-20/h8,11H,1-7,9-10,19H2. The third-order valence-electron chi connectivity index (χ3n) is 5.02. The molecule has 0 saturated carbocycles. The molecule has 4 aliphatic heterocycles. The lowest BCUT2D eigenvalue weighted by molar-refractivity contribution is -0.0216. The number of carbonyl (C=O) groups excluding carboxylic acids is 1. The number of nitrogens with two attached hydrogens (primary N) is 1. The molecule has 1 aromatic rings. The molecule has 25 heavy (non-hydrogen) atoms. The maximum absolute atomic E-state index is 12.7. The Kier molecular flexibility index (Phi) is 4.62. The monoisotopic (exact) mass is 367 g/mol. The molecule has 2 N–H and O–H groups in total. The van der Waals surface area contributed by atoms with E-state index in [2.05, 4.69) is 9.80 Å². The number of ether oxygens (including phenoxy) is 3. The maximum atomic E-state index is 12.7. The summed E-state index contributed by atoms with van der Waals surface area (Å²) >= 11 is 6.17. The Morgan fingerprint density at radius 2 is 1.96 bits per heavy atom.